The lowest BCUT2D eigenvalue weighted by Crippen LogP contribution is -2.36. The van der Waals surface area contributed by atoms with Gasteiger partial charge in [-0.15, -0.1) is 0 Å². The summed E-state index contributed by atoms with van der Waals surface area (Å²) in [5, 5.41) is 5.87. The minimum Gasteiger partial charge on any atom is -0.381 e. The molecule has 2 N–H and O–H groups in total. The van der Waals surface area contributed by atoms with Crippen LogP contribution >= 0.6 is 0 Å². The molecule has 5 nitrogen and oxygen atoms in total. The number of carbonyl (C=O) groups is 1. The van der Waals surface area contributed by atoms with Gasteiger partial charge in [0.05, 0.1) is 12.3 Å². The van der Waals surface area contributed by atoms with Gasteiger partial charge in [0.1, 0.15) is 0 Å². The van der Waals surface area contributed by atoms with Gasteiger partial charge in [-0.05, 0) is 42.5 Å². The molecule has 1 aromatic carbocycles. The van der Waals surface area contributed by atoms with E-state index in [1.54, 1.807) is 12.4 Å². The van der Waals surface area contributed by atoms with E-state index in [0.717, 1.165) is 42.9 Å². The fourth-order valence-corrected chi connectivity index (χ4v) is 2.75. The van der Waals surface area contributed by atoms with Crippen LogP contribution in [0.3, 0.4) is 0 Å². The Balaban J connectivity index is 1.62. The van der Waals surface area contributed by atoms with E-state index in [4.69, 9.17) is 4.74 Å². The van der Waals surface area contributed by atoms with E-state index in [1.807, 2.05) is 36.4 Å². The van der Waals surface area contributed by atoms with E-state index in [1.165, 1.54) is 0 Å². The molecule has 1 aliphatic heterocycles. The molecule has 0 bridgehead atoms. The normalized spacial score (nSPS) is 17.5. The molecule has 0 spiro atoms. The van der Waals surface area contributed by atoms with Crippen LogP contribution in [-0.4, -0.2) is 30.8 Å². The molecule has 2 amide bonds. The van der Waals surface area contributed by atoms with Crippen LogP contribution in [0.25, 0.3) is 11.1 Å². The fraction of sp³-hybridized carbons (Fsp3) is 0.333. The molecule has 23 heavy (non-hydrogen) atoms. The summed E-state index contributed by atoms with van der Waals surface area (Å²) in [4.78, 5) is 16.2. The first-order valence-electron chi connectivity index (χ1n) is 7.95. The van der Waals surface area contributed by atoms with Gasteiger partial charge in [0.15, 0.2) is 0 Å². The molecule has 0 radical (unpaired) electrons. The van der Waals surface area contributed by atoms with Crippen molar-refractivity contribution >= 4 is 11.7 Å². The molecule has 2 aromatic rings. The molecule has 5 heteroatoms. The van der Waals surface area contributed by atoms with Gasteiger partial charge in [-0.1, -0.05) is 18.2 Å². The average molecular weight is 311 g/mol. The highest BCUT2D eigenvalue weighted by molar-refractivity contribution is 5.94. The summed E-state index contributed by atoms with van der Waals surface area (Å²) < 4.78 is 5.43. The van der Waals surface area contributed by atoms with Crippen LogP contribution in [-0.2, 0) is 4.74 Å². The zero-order valence-corrected chi connectivity index (χ0v) is 13.0. The smallest absolute Gasteiger partial charge is 0.319 e. The minimum atomic E-state index is -0.183. The predicted molar refractivity (Wildman–Crippen MR) is 90.2 cm³/mol. The maximum Gasteiger partial charge on any atom is 0.319 e. The lowest BCUT2D eigenvalue weighted by molar-refractivity contribution is 0.0559. The summed E-state index contributed by atoms with van der Waals surface area (Å²) in [6, 6.07) is 11.4. The number of amides is 2. The van der Waals surface area contributed by atoms with Crippen molar-refractivity contribution < 1.29 is 9.53 Å². The standard InChI is InChI=1S/C18H21N3O2/c22-18(20-12-14-4-3-11-23-13-14)21-17-6-2-1-5-16(17)15-7-9-19-10-8-15/h1-2,5-10,14H,3-4,11-13H2,(H2,20,21,22). The number of nitrogens with zero attached hydrogens (tertiary/aromatic N) is 1. The van der Waals surface area contributed by atoms with Gasteiger partial charge in [-0.3, -0.25) is 4.98 Å². The number of rotatable bonds is 4. The Labute approximate surface area is 136 Å². The first kappa shape index (κ1) is 15.5. The maximum absolute atomic E-state index is 12.2. The summed E-state index contributed by atoms with van der Waals surface area (Å²) in [5.74, 6) is 0.407. The van der Waals surface area contributed by atoms with E-state index < -0.39 is 0 Å². The number of aromatic nitrogens is 1. The molecule has 1 saturated heterocycles. The van der Waals surface area contributed by atoms with Gasteiger partial charge in [-0.25, -0.2) is 4.79 Å². The Morgan fingerprint density at radius 2 is 2.04 bits per heavy atom. The van der Waals surface area contributed by atoms with Crippen molar-refractivity contribution in [3.05, 3.63) is 48.8 Å². The van der Waals surface area contributed by atoms with Gasteiger partial charge in [-0.2, -0.15) is 0 Å². The zero-order valence-electron chi connectivity index (χ0n) is 13.0. The first-order chi connectivity index (χ1) is 11.3. The van der Waals surface area contributed by atoms with Crippen LogP contribution in [0.1, 0.15) is 12.8 Å². The molecule has 1 unspecified atom stereocenters. The van der Waals surface area contributed by atoms with Crippen molar-refractivity contribution in [3.63, 3.8) is 0 Å². The number of para-hydroxylation sites is 1. The molecule has 1 fully saturated rings. The highest BCUT2D eigenvalue weighted by Gasteiger charge is 2.15. The van der Waals surface area contributed by atoms with Crippen molar-refractivity contribution in [2.45, 2.75) is 12.8 Å². The van der Waals surface area contributed by atoms with Crippen molar-refractivity contribution in [1.82, 2.24) is 10.3 Å². The molecule has 120 valence electrons. The number of ether oxygens (including phenoxy) is 1. The third kappa shape index (κ3) is 4.29. The van der Waals surface area contributed by atoms with Crippen molar-refractivity contribution in [3.8, 4) is 11.1 Å². The molecule has 0 aliphatic carbocycles. The van der Waals surface area contributed by atoms with Gasteiger partial charge < -0.3 is 15.4 Å². The average Bonchev–Trinajstić information content (AvgIpc) is 2.62. The Bertz CT molecular complexity index is 640. The van der Waals surface area contributed by atoms with E-state index in [-0.39, 0.29) is 6.03 Å². The Morgan fingerprint density at radius 1 is 1.22 bits per heavy atom. The van der Waals surface area contributed by atoms with Crippen molar-refractivity contribution in [2.75, 3.05) is 25.1 Å². The summed E-state index contributed by atoms with van der Waals surface area (Å²) in [6.07, 6.45) is 5.66. The van der Waals surface area contributed by atoms with E-state index in [9.17, 15) is 4.79 Å². The number of pyridine rings is 1. The van der Waals surface area contributed by atoms with Crippen LogP contribution < -0.4 is 10.6 Å². The Kier molecular flexibility index (Phi) is 5.21. The minimum absolute atomic E-state index is 0.183. The first-order valence-corrected chi connectivity index (χ1v) is 7.95. The SMILES string of the molecule is O=C(NCC1CCCOC1)Nc1ccccc1-c1ccncc1. The molecular formula is C18H21N3O2. The van der Waals surface area contributed by atoms with Crippen LogP contribution in [0.2, 0.25) is 0 Å². The van der Waals surface area contributed by atoms with E-state index >= 15 is 0 Å². The third-order valence-electron chi connectivity index (χ3n) is 3.97. The van der Waals surface area contributed by atoms with Crippen molar-refractivity contribution in [1.29, 1.82) is 0 Å². The van der Waals surface area contributed by atoms with Gasteiger partial charge in [0, 0.05) is 31.1 Å². The number of urea groups is 1. The molecule has 1 aliphatic rings. The summed E-state index contributed by atoms with van der Waals surface area (Å²) in [6.45, 7) is 2.21. The number of anilines is 1. The Hall–Kier alpha value is -2.40. The lowest BCUT2D eigenvalue weighted by atomic mass is 10.0. The summed E-state index contributed by atoms with van der Waals surface area (Å²) in [5.41, 5.74) is 2.79. The van der Waals surface area contributed by atoms with Crippen LogP contribution in [0.4, 0.5) is 10.5 Å². The fourth-order valence-electron chi connectivity index (χ4n) is 2.75. The van der Waals surface area contributed by atoms with E-state index in [2.05, 4.69) is 15.6 Å². The highest BCUT2D eigenvalue weighted by Crippen LogP contribution is 2.27. The second-order valence-electron chi connectivity index (χ2n) is 5.70. The lowest BCUT2D eigenvalue weighted by Gasteiger charge is -2.22. The second kappa shape index (κ2) is 7.74. The molecule has 1 aromatic heterocycles. The molecule has 0 saturated carbocycles. The van der Waals surface area contributed by atoms with Crippen molar-refractivity contribution in [2.24, 2.45) is 5.92 Å². The predicted octanol–water partition coefficient (Wildman–Crippen LogP) is 3.30. The van der Waals surface area contributed by atoms with Crippen LogP contribution in [0.15, 0.2) is 48.8 Å². The molecular weight excluding hydrogens is 290 g/mol. The van der Waals surface area contributed by atoms with Crippen LogP contribution in [0.5, 0.6) is 0 Å². The van der Waals surface area contributed by atoms with E-state index in [0.29, 0.717) is 12.5 Å². The number of carbonyl (C=O) groups excluding carboxylic acids is 1. The quantitative estimate of drug-likeness (QED) is 0.910. The van der Waals surface area contributed by atoms with Gasteiger partial charge >= 0.3 is 6.03 Å². The number of nitrogens with one attached hydrogen (secondary N) is 2. The number of hydrogen-bond donors (Lipinski definition) is 2. The highest BCUT2D eigenvalue weighted by atomic mass is 16.5. The number of benzene rings is 1. The second-order valence-corrected chi connectivity index (χ2v) is 5.70. The largest absolute Gasteiger partial charge is 0.381 e. The summed E-state index contributed by atoms with van der Waals surface area (Å²) in [7, 11) is 0. The Morgan fingerprint density at radius 3 is 2.83 bits per heavy atom. The monoisotopic (exact) mass is 311 g/mol. The van der Waals surface area contributed by atoms with Gasteiger partial charge in [0.2, 0.25) is 0 Å². The third-order valence-corrected chi connectivity index (χ3v) is 3.97. The molecule has 3 rings (SSSR count). The topological polar surface area (TPSA) is 63.2 Å². The maximum atomic E-state index is 12.2. The summed E-state index contributed by atoms with van der Waals surface area (Å²) >= 11 is 0. The number of hydrogen-bond acceptors (Lipinski definition) is 3. The zero-order chi connectivity index (χ0) is 15.9. The molecule has 1 atom stereocenters. The van der Waals surface area contributed by atoms with Gasteiger partial charge in [0.25, 0.3) is 0 Å². The van der Waals surface area contributed by atoms with Crippen LogP contribution in [0, 0.1) is 5.92 Å². The molecule has 2 heterocycles.